The van der Waals surface area contributed by atoms with E-state index in [9.17, 15) is 9.90 Å². The van der Waals surface area contributed by atoms with Gasteiger partial charge in [0.15, 0.2) is 0 Å². The zero-order valence-electron chi connectivity index (χ0n) is 11.7. The number of carbonyl (C=O) groups is 1. The summed E-state index contributed by atoms with van der Waals surface area (Å²) < 4.78 is 5.40. The molecule has 0 aliphatic carbocycles. The summed E-state index contributed by atoms with van der Waals surface area (Å²) in [4.78, 5) is 13.9. The third-order valence-electron chi connectivity index (χ3n) is 4.41. The predicted molar refractivity (Wildman–Crippen MR) is 81.1 cm³/mol. The minimum Gasteiger partial charge on any atom is -0.496 e. The molecule has 0 aromatic heterocycles. The Bertz CT molecular complexity index is 578. The Kier molecular flexibility index (Phi) is 4.04. The zero-order chi connectivity index (χ0) is 15.1. The molecule has 0 bridgehead atoms. The van der Waals surface area contributed by atoms with E-state index in [1.54, 1.807) is 19.2 Å². The van der Waals surface area contributed by atoms with Crippen LogP contribution in [0.2, 0.25) is 10.0 Å². The quantitative estimate of drug-likeness (QED) is 0.907. The summed E-state index contributed by atoms with van der Waals surface area (Å²) in [6.45, 7) is 0.604. The van der Waals surface area contributed by atoms with E-state index in [2.05, 4.69) is 0 Å². The molecule has 1 aromatic rings. The van der Waals surface area contributed by atoms with Gasteiger partial charge in [0.25, 0.3) is 0 Å². The number of benzene rings is 1. The third kappa shape index (κ3) is 2.60. The van der Waals surface area contributed by atoms with Crippen LogP contribution in [0.4, 0.5) is 0 Å². The fourth-order valence-electron chi connectivity index (χ4n) is 3.48. The highest BCUT2D eigenvalue weighted by atomic mass is 35.5. The lowest BCUT2D eigenvalue weighted by molar-refractivity contribution is -0.138. The number of halogens is 2. The smallest absolute Gasteiger partial charge is 0.225 e. The van der Waals surface area contributed by atoms with Crippen LogP contribution in [-0.2, 0) is 4.79 Å². The second-order valence-electron chi connectivity index (χ2n) is 5.70. The molecule has 2 fully saturated rings. The summed E-state index contributed by atoms with van der Waals surface area (Å²) in [5, 5.41) is 10.7. The molecule has 0 spiro atoms. The topological polar surface area (TPSA) is 49.8 Å². The van der Waals surface area contributed by atoms with Crippen molar-refractivity contribution in [2.45, 2.75) is 37.3 Å². The molecule has 3 atom stereocenters. The number of carbonyl (C=O) groups excluding carboxylic acids is 1. The van der Waals surface area contributed by atoms with E-state index in [4.69, 9.17) is 27.9 Å². The van der Waals surface area contributed by atoms with Gasteiger partial charge < -0.3 is 14.7 Å². The maximum absolute atomic E-state index is 12.0. The minimum absolute atomic E-state index is 0.0124. The number of ether oxygens (including phenoxy) is 1. The van der Waals surface area contributed by atoms with Crippen LogP contribution in [0.5, 0.6) is 5.75 Å². The molecule has 3 unspecified atom stereocenters. The molecule has 2 heterocycles. The van der Waals surface area contributed by atoms with Crippen molar-refractivity contribution >= 4 is 29.1 Å². The van der Waals surface area contributed by atoms with E-state index in [1.807, 2.05) is 4.90 Å². The van der Waals surface area contributed by atoms with Gasteiger partial charge in [-0.25, -0.2) is 0 Å². The van der Waals surface area contributed by atoms with Crippen LogP contribution in [0.15, 0.2) is 12.1 Å². The minimum atomic E-state index is -0.533. The van der Waals surface area contributed by atoms with Crippen molar-refractivity contribution in [2.24, 2.45) is 0 Å². The van der Waals surface area contributed by atoms with Crippen molar-refractivity contribution in [3.8, 4) is 5.75 Å². The average molecular weight is 330 g/mol. The van der Waals surface area contributed by atoms with Gasteiger partial charge >= 0.3 is 0 Å². The molecule has 2 aliphatic heterocycles. The molecule has 114 valence electrons. The Hall–Kier alpha value is -0.970. The molecule has 1 amide bonds. The first kappa shape index (κ1) is 14.9. The van der Waals surface area contributed by atoms with Gasteiger partial charge in [0, 0.05) is 24.1 Å². The fraction of sp³-hybridized carbons (Fsp3) is 0.533. The summed E-state index contributed by atoms with van der Waals surface area (Å²) >= 11 is 12.5. The van der Waals surface area contributed by atoms with Gasteiger partial charge in [-0.05, 0) is 25.0 Å². The van der Waals surface area contributed by atoms with Gasteiger partial charge in [-0.1, -0.05) is 23.2 Å². The molecule has 1 N–H and O–H groups in total. The van der Waals surface area contributed by atoms with Crippen LogP contribution in [0.1, 0.15) is 30.7 Å². The van der Waals surface area contributed by atoms with Crippen LogP contribution in [0, 0.1) is 0 Å². The van der Waals surface area contributed by atoms with Gasteiger partial charge in [-0.3, -0.25) is 4.79 Å². The number of nitrogens with zero attached hydrogens (tertiary/aromatic N) is 1. The summed E-state index contributed by atoms with van der Waals surface area (Å²) in [6, 6.07) is 3.59. The standard InChI is InChI=1S/C15H17Cl2NO3/c1-21-12-3-2-11(16)15(17)14(12)8-4-9-5-10(19)6-13(20)18(9)7-8/h2-3,8-10,19H,4-7H2,1H3. The maximum atomic E-state index is 12.0. The number of rotatable bonds is 2. The zero-order valence-corrected chi connectivity index (χ0v) is 13.2. The Morgan fingerprint density at radius 3 is 2.81 bits per heavy atom. The molecule has 3 rings (SSSR count). The maximum Gasteiger partial charge on any atom is 0.225 e. The number of methoxy groups -OCH3 is 1. The Morgan fingerprint density at radius 1 is 1.33 bits per heavy atom. The highest BCUT2D eigenvalue weighted by Crippen LogP contribution is 2.45. The Morgan fingerprint density at radius 2 is 2.10 bits per heavy atom. The molecule has 6 heteroatoms. The van der Waals surface area contributed by atoms with Gasteiger partial charge in [-0.15, -0.1) is 0 Å². The first-order valence-electron chi connectivity index (χ1n) is 7.00. The predicted octanol–water partition coefficient (Wildman–Crippen LogP) is 2.84. The van der Waals surface area contributed by atoms with Crippen molar-refractivity contribution in [3.05, 3.63) is 27.7 Å². The fourth-order valence-corrected chi connectivity index (χ4v) is 3.95. The number of hydrogen-bond donors (Lipinski definition) is 1. The normalized spacial score (nSPS) is 28.7. The summed E-state index contributed by atoms with van der Waals surface area (Å²) in [5.41, 5.74) is 0.864. The lowest BCUT2D eigenvalue weighted by atomic mass is 9.92. The van der Waals surface area contributed by atoms with Gasteiger partial charge in [0.05, 0.1) is 29.7 Å². The van der Waals surface area contributed by atoms with E-state index in [-0.39, 0.29) is 24.3 Å². The second kappa shape index (κ2) is 5.67. The van der Waals surface area contributed by atoms with Crippen molar-refractivity contribution in [1.82, 2.24) is 4.90 Å². The summed E-state index contributed by atoms with van der Waals surface area (Å²) in [7, 11) is 1.60. The van der Waals surface area contributed by atoms with Crippen LogP contribution in [0.3, 0.4) is 0 Å². The lowest BCUT2D eigenvalue weighted by Gasteiger charge is -2.32. The molecule has 0 saturated carbocycles. The lowest BCUT2D eigenvalue weighted by Crippen LogP contribution is -2.44. The van der Waals surface area contributed by atoms with Crippen LogP contribution in [0.25, 0.3) is 0 Å². The molecule has 0 radical (unpaired) electrons. The van der Waals surface area contributed by atoms with Crippen molar-refractivity contribution in [3.63, 3.8) is 0 Å². The number of aliphatic hydroxyl groups is 1. The Labute approximate surface area is 133 Å². The molecule has 2 saturated heterocycles. The van der Waals surface area contributed by atoms with E-state index in [0.29, 0.717) is 28.8 Å². The van der Waals surface area contributed by atoms with E-state index >= 15 is 0 Å². The third-order valence-corrected chi connectivity index (χ3v) is 5.23. The average Bonchev–Trinajstić information content (AvgIpc) is 2.85. The van der Waals surface area contributed by atoms with Gasteiger partial charge in [0.1, 0.15) is 5.75 Å². The van der Waals surface area contributed by atoms with Gasteiger partial charge in [0.2, 0.25) is 5.91 Å². The number of hydrogen-bond acceptors (Lipinski definition) is 3. The van der Waals surface area contributed by atoms with Crippen LogP contribution in [-0.4, -0.2) is 41.7 Å². The SMILES string of the molecule is COc1ccc(Cl)c(Cl)c1C1CC2CC(O)CC(=O)N2C1. The van der Waals surface area contributed by atoms with Crippen LogP contribution >= 0.6 is 23.2 Å². The first-order valence-corrected chi connectivity index (χ1v) is 7.76. The van der Waals surface area contributed by atoms with Gasteiger partial charge in [-0.2, -0.15) is 0 Å². The van der Waals surface area contributed by atoms with Crippen molar-refractivity contribution in [2.75, 3.05) is 13.7 Å². The highest BCUT2D eigenvalue weighted by molar-refractivity contribution is 6.42. The van der Waals surface area contributed by atoms with E-state index in [0.717, 1.165) is 12.0 Å². The molecule has 2 aliphatic rings. The molecular weight excluding hydrogens is 313 g/mol. The van der Waals surface area contributed by atoms with Crippen molar-refractivity contribution < 1.29 is 14.6 Å². The highest BCUT2D eigenvalue weighted by Gasteiger charge is 2.42. The number of fused-ring (bicyclic) bond motifs is 1. The van der Waals surface area contributed by atoms with E-state index < -0.39 is 6.10 Å². The van der Waals surface area contributed by atoms with E-state index in [1.165, 1.54) is 0 Å². The second-order valence-corrected chi connectivity index (χ2v) is 6.49. The molecule has 4 nitrogen and oxygen atoms in total. The van der Waals surface area contributed by atoms with Crippen LogP contribution < -0.4 is 4.74 Å². The van der Waals surface area contributed by atoms with Crippen molar-refractivity contribution in [1.29, 1.82) is 0 Å². The molecular formula is C15H17Cl2NO3. The number of aliphatic hydroxyl groups excluding tert-OH is 1. The largest absolute Gasteiger partial charge is 0.496 e. The number of piperidine rings is 1. The Balaban J connectivity index is 1.93. The monoisotopic (exact) mass is 329 g/mol. The summed E-state index contributed by atoms with van der Waals surface area (Å²) in [5.74, 6) is 0.797. The summed E-state index contributed by atoms with van der Waals surface area (Å²) in [6.07, 6.45) is 1.08. The molecule has 1 aromatic carbocycles. The number of amides is 1. The first-order chi connectivity index (χ1) is 10.0. The molecule has 21 heavy (non-hydrogen) atoms.